The summed E-state index contributed by atoms with van der Waals surface area (Å²) < 4.78 is 21.5. The second kappa shape index (κ2) is 8.82. The highest BCUT2D eigenvalue weighted by molar-refractivity contribution is 5.95. The summed E-state index contributed by atoms with van der Waals surface area (Å²) >= 11 is 0. The Kier molecular flexibility index (Phi) is 6.51. The second-order valence-corrected chi connectivity index (χ2v) is 5.22. The summed E-state index contributed by atoms with van der Waals surface area (Å²) in [4.78, 5) is 12.4. The Balaban J connectivity index is 2.00. The van der Waals surface area contributed by atoms with Gasteiger partial charge in [-0.25, -0.2) is 0 Å². The van der Waals surface area contributed by atoms with Crippen LogP contribution in [0, 0.1) is 0 Å². The molecule has 1 amide bonds. The molecular formula is C19H23NO5. The zero-order valence-electron chi connectivity index (χ0n) is 14.9. The Morgan fingerprint density at radius 2 is 1.64 bits per heavy atom. The lowest BCUT2D eigenvalue weighted by Crippen LogP contribution is -2.30. The molecule has 1 atom stereocenters. The van der Waals surface area contributed by atoms with E-state index >= 15 is 0 Å². The van der Waals surface area contributed by atoms with Crippen LogP contribution in [0.25, 0.3) is 0 Å². The fraction of sp³-hybridized carbons (Fsp3) is 0.316. The lowest BCUT2D eigenvalue weighted by molar-refractivity contribution is -0.122. The maximum Gasteiger partial charge on any atom is 0.265 e. The van der Waals surface area contributed by atoms with E-state index < -0.39 is 6.10 Å². The first-order chi connectivity index (χ1) is 12.1. The molecule has 0 radical (unpaired) electrons. The molecule has 0 saturated heterocycles. The Morgan fingerprint density at radius 1 is 1.00 bits per heavy atom. The van der Waals surface area contributed by atoms with Gasteiger partial charge in [-0.05, 0) is 50.2 Å². The van der Waals surface area contributed by atoms with Crippen molar-refractivity contribution in [2.75, 3.05) is 26.1 Å². The van der Waals surface area contributed by atoms with Gasteiger partial charge in [0.15, 0.2) is 6.10 Å². The summed E-state index contributed by atoms with van der Waals surface area (Å²) in [5.41, 5.74) is 0.551. The third-order valence-electron chi connectivity index (χ3n) is 3.48. The van der Waals surface area contributed by atoms with Crippen LogP contribution in [0.1, 0.15) is 13.8 Å². The van der Waals surface area contributed by atoms with Crippen molar-refractivity contribution in [2.45, 2.75) is 20.0 Å². The van der Waals surface area contributed by atoms with Crippen molar-refractivity contribution < 1.29 is 23.7 Å². The number of carbonyl (C=O) groups is 1. The summed E-state index contributed by atoms with van der Waals surface area (Å²) in [6.45, 7) is 4.20. The van der Waals surface area contributed by atoms with Gasteiger partial charge in [-0.3, -0.25) is 4.79 Å². The topological polar surface area (TPSA) is 66.0 Å². The first-order valence-electron chi connectivity index (χ1n) is 7.99. The van der Waals surface area contributed by atoms with E-state index in [1.54, 1.807) is 56.5 Å². The van der Waals surface area contributed by atoms with Crippen molar-refractivity contribution in [2.24, 2.45) is 0 Å². The van der Waals surface area contributed by atoms with E-state index in [-0.39, 0.29) is 5.91 Å². The van der Waals surface area contributed by atoms with Crippen LogP contribution in [0.3, 0.4) is 0 Å². The van der Waals surface area contributed by atoms with E-state index in [1.807, 2.05) is 6.92 Å². The fourth-order valence-corrected chi connectivity index (χ4v) is 2.17. The van der Waals surface area contributed by atoms with Crippen LogP contribution in [0.5, 0.6) is 23.0 Å². The smallest absolute Gasteiger partial charge is 0.265 e. The Labute approximate surface area is 147 Å². The molecule has 1 unspecified atom stereocenters. The third-order valence-corrected chi connectivity index (χ3v) is 3.48. The van der Waals surface area contributed by atoms with E-state index in [4.69, 9.17) is 18.9 Å². The highest BCUT2D eigenvalue weighted by Gasteiger charge is 2.17. The number of carbonyl (C=O) groups excluding carboxylic acids is 1. The minimum Gasteiger partial charge on any atom is -0.497 e. The number of hydrogen-bond acceptors (Lipinski definition) is 5. The number of benzene rings is 2. The Morgan fingerprint density at radius 3 is 2.24 bits per heavy atom. The lowest BCUT2D eigenvalue weighted by Gasteiger charge is -2.16. The maximum atomic E-state index is 12.4. The molecule has 0 heterocycles. The first kappa shape index (κ1) is 18.4. The van der Waals surface area contributed by atoms with Gasteiger partial charge in [0.25, 0.3) is 5.91 Å². The molecule has 0 aliphatic rings. The monoisotopic (exact) mass is 345 g/mol. The molecule has 6 heteroatoms. The average molecular weight is 345 g/mol. The summed E-state index contributed by atoms with van der Waals surface area (Å²) in [6.07, 6.45) is -0.676. The molecule has 0 aliphatic heterocycles. The van der Waals surface area contributed by atoms with Gasteiger partial charge in [0.1, 0.15) is 23.0 Å². The van der Waals surface area contributed by atoms with Crippen molar-refractivity contribution in [3.8, 4) is 23.0 Å². The summed E-state index contributed by atoms with van der Waals surface area (Å²) in [7, 11) is 3.10. The quantitative estimate of drug-likeness (QED) is 0.793. The molecule has 0 spiro atoms. The van der Waals surface area contributed by atoms with Crippen LogP contribution in [0.2, 0.25) is 0 Å². The number of anilines is 1. The summed E-state index contributed by atoms with van der Waals surface area (Å²) in [6, 6.07) is 12.3. The van der Waals surface area contributed by atoms with E-state index in [2.05, 4.69) is 5.32 Å². The molecule has 134 valence electrons. The van der Waals surface area contributed by atoms with Crippen molar-refractivity contribution in [1.82, 2.24) is 0 Å². The van der Waals surface area contributed by atoms with Crippen molar-refractivity contribution >= 4 is 11.6 Å². The van der Waals surface area contributed by atoms with Gasteiger partial charge in [0.05, 0.1) is 26.5 Å². The first-order valence-corrected chi connectivity index (χ1v) is 7.99. The van der Waals surface area contributed by atoms with E-state index in [9.17, 15) is 4.79 Å². The molecule has 6 nitrogen and oxygen atoms in total. The van der Waals surface area contributed by atoms with Crippen molar-refractivity contribution in [3.63, 3.8) is 0 Å². The SMILES string of the molecule is CCOc1ccc(OC(C)C(=O)Nc2ccc(OC)cc2OC)cc1. The molecule has 25 heavy (non-hydrogen) atoms. The lowest BCUT2D eigenvalue weighted by atomic mass is 10.2. The van der Waals surface area contributed by atoms with Gasteiger partial charge in [0.2, 0.25) is 0 Å². The minimum atomic E-state index is -0.676. The molecule has 0 aliphatic carbocycles. The predicted molar refractivity (Wildman–Crippen MR) is 95.9 cm³/mol. The largest absolute Gasteiger partial charge is 0.497 e. The number of nitrogens with one attached hydrogen (secondary N) is 1. The zero-order valence-corrected chi connectivity index (χ0v) is 14.9. The van der Waals surface area contributed by atoms with Crippen molar-refractivity contribution in [3.05, 3.63) is 42.5 Å². The molecule has 1 N–H and O–H groups in total. The number of ether oxygens (including phenoxy) is 4. The van der Waals surface area contributed by atoms with Crippen LogP contribution < -0.4 is 24.3 Å². The van der Waals surface area contributed by atoms with Crippen molar-refractivity contribution in [1.29, 1.82) is 0 Å². The Bertz CT molecular complexity index is 699. The van der Waals surface area contributed by atoms with Gasteiger partial charge in [0, 0.05) is 6.07 Å². The van der Waals surface area contributed by atoms with Gasteiger partial charge >= 0.3 is 0 Å². The van der Waals surface area contributed by atoms with Crippen LogP contribution in [0.15, 0.2) is 42.5 Å². The predicted octanol–water partition coefficient (Wildman–Crippen LogP) is 3.51. The van der Waals surface area contributed by atoms with Crippen LogP contribution in [-0.4, -0.2) is 32.8 Å². The van der Waals surface area contributed by atoms with Gasteiger partial charge in [-0.15, -0.1) is 0 Å². The second-order valence-electron chi connectivity index (χ2n) is 5.22. The summed E-state index contributed by atoms with van der Waals surface area (Å²) in [5, 5.41) is 2.80. The molecular weight excluding hydrogens is 322 g/mol. The number of rotatable bonds is 8. The average Bonchev–Trinajstić information content (AvgIpc) is 2.63. The maximum absolute atomic E-state index is 12.4. The molecule has 0 bridgehead atoms. The fourth-order valence-electron chi connectivity index (χ4n) is 2.17. The minimum absolute atomic E-state index is 0.280. The third kappa shape index (κ3) is 5.04. The molecule has 0 saturated carbocycles. The zero-order chi connectivity index (χ0) is 18.2. The van der Waals surface area contributed by atoms with Gasteiger partial charge < -0.3 is 24.3 Å². The van der Waals surface area contributed by atoms with Crippen LogP contribution in [-0.2, 0) is 4.79 Å². The standard InChI is InChI=1S/C19H23NO5/c1-5-24-14-6-8-15(9-7-14)25-13(2)19(21)20-17-11-10-16(22-3)12-18(17)23-4/h6-13H,5H2,1-4H3,(H,20,21). The van der Waals surface area contributed by atoms with Gasteiger partial charge in [-0.1, -0.05) is 0 Å². The van der Waals surface area contributed by atoms with E-state index in [0.29, 0.717) is 29.5 Å². The number of methoxy groups -OCH3 is 2. The van der Waals surface area contributed by atoms with E-state index in [1.165, 1.54) is 7.11 Å². The number of amides is 1. The number of hydrogen-bond donors (Lipinski definition) is 1. The highest BCUT2D eigenvalue weighted by atomic mass is 16.5. The Hall–Kier alpha value is -2.89. The van der Waals surface area contributed by atoms with E-state index in [0.717, 1.165) is 5.75 Å². The molecule has 0 fully saturated rings. The molecule has 2 aromatic rings. The van der Waals surface area contributed by atoms with Gasteiger partial charge in [-0.2, -0.15) is 0 Å². The molecule has 2 rings (SSSR count). The van der Waals surface area contributed by atoms with Crippen LogP contribution >= 0.6 is 0 Å². The normalized spacial score (nSPS) is 11.4. The molecule has 2 aromatic carbocycles. The highest BCUT2D eigenvalue weighted by Crippen LogP contribution is 2.29. The summed E-state index contributed by atoms with van der Waals surface area (Å²) in [5.74, 6) is 2.23. The molecule has 0 aromatic heterocycles. The van der Waals surface area contributed by atoms with Crippen LogP contribution in [0.4, 0.5) is 5.69 Å².